The summed E-state index contributed by atoms with van der Waals surface area (Å²) in [7, 11) is 1.55. The van der Waals surface area contributed by atoms with Gasteiger partial charge >= 0.3 is 5.97 Å². The zero-order valence-corrected chi connectivity index (χ0v) is 17.7. The second kappa shape index (κ2) is 9.65. The van der Waals surface area contributed by atoms with Gasteiger partial charge in [-0.05, 0) is 49.4 Å². The number of hydrogen-bond donors (Lipinski definition) is 1. The van der Waals surface area contributed by atoms with E-state index in [0.717, 1.165) is 5.69 Å². The van der Waals surface area contributed by atoms with E-state index in [2.05, 4.69) is 10.3 Å². The van der Waals surface area contributed by atoms with Crippen LogP contribution in [0.4, 0.5) is 5.69 Å². The van der Waals surface area contributed by atoms with Crippen molar-refractivity contribution in [3.63, 3.8) is 0 Å². The molecule has 156 valence electrons. The quantitative estimate of drug-likeness (QED) is 0.538. The number of amides is 1. The average molecular weight is 449 g/mol. The van der Waals surface area contributed by atoms with E-state index >= 15 is 0 Å². The molecule has 0 aliphatic heterocycles. The highest BCUT2D eigenvalue weighted by Gasteiger charge is 2.16. The summed E-state index contributed by atoms with van der Waals surface area (Å²) in [5.41, 5.74) is 1.73. The minimum atomic E-state index is -0.730. The van der Waals surface area contributed by atoms with E-state index in [9.17, 15) is 9.59 Å². The maximum atomic E-state index is 12.0. The number of ether oxygens (including phenoxy) is 3. The first kappa shape index (κ1) is 21.7. The van der Waals surface area contributed by atoms with Gasteiger partial charge in [-0.15, -0.1) is 0 Å². The van der Waals surface area contributed by atoms with E-state index in [-0.39, 0.29) is 10.8 Å². The number of aromatic nitrogens is 1. The summed E-state index contributed by atoms with van der Waals surface area (Å²) in [5.74, 6) is -0.332. The summed E-state index contributed by atoms with van der Waals surface area (Å²) in [6.45, 7) is 0.913. The van der Waals surface area contributed by atoms with E-state index in [1.807, 2.05) is 13.0 Å². The minimum absolute atomic E-state index is 0.218. The van der Waals surface area contributed by atoms with Gasteiger partial charge in [-0.2, -0.15) is 0 Å². The van der Waals surface area contributed by atoms with Crippen LogP contribution in [0, 0.1) is 6.92 Å². The number of methoxy groups -OCH3 is 1. The van der Waals surface area contributed by atoms with Gasteiger partial charge < -0.3 is 19.5 Å². The van der Waals surface area contributed by atoms with Crippen molar-refractivity contribution in [1.29, 1.82) is 0 Å². The molecule has 1 aromatic heterocycles. The maximum absolute atomic E-state index is 12.0. The lowest BCUT2D eigenvalue weighted by Gasteiger charge is -2.12. The monoisotopic (exact) mass is 448 g/mol. The summed E-state index contributed by atoms with van der Waals surface area (Å²) in [4.78, 5) is 28.3. The third-order valence-electron chi connectivity index (χ3n) is 4.05. The minimum Gasteiger partial charge on any atom is -0.497 e. The zero-order valence-electron chi connectivity index (χ0n) is 16.2. The molecule has 0 saturated carbocycles. The Morgan fingerprint density at radius 3 is 2.47 bits per heavy atom. The van der Waals surface area contributed by atoms with Crippen LogP contribution in [-0.2, 0) is 14.3 Å². The SMILES string of the molecule is COc1ccc(NC(=O)COC(=O)COc2c(Cl)cc(Cl)c3ccc(C)nc23)cc1. The molecule has 9 heteroatoms. The molecule has 0 unspecified atom stereocenters. The van der Waals surface area contributed by atoms with Crippen LogP contribution in [0.15, 0.2) is 42.5 Å². The molecule has 1 amide bonds. The van der Waals surface area contributed by atoms with Crippen LogP contribution in [0.1, 0.15) is 5.69 Å². The van der Waals surface area contributed by atoms with Crippen LogP contribution in [-0.4, -0.2) is 37.2 Å². The van der Waals surface area contributed by atoms with Crippen LogP contribution >= 0.6 is 23.2 Å². The van der Waals surface area contributed by atoms with Crippen molar-refractivity contribution in [1.82, 2.24) is 4.98 Å². The Morgan fingerprint density at radius 1 is 1.03 bits per heavy atom. The van der Waals surface area contributed by atoms with E-state index in [1.165, 1.54) is 6.07 Å². The fraction of sp³-hybridized carbons (Fsp3) is 0.190. The number of fused-ring (bicyclic) bond motifs is 1. The molecule has 7 nitrogen and oxygen atoms in total. The molecule has 1 heterocycles. The van der Waals surface area contributed by atoms with Gasteiger partial charge in [0.2, 0.25) is 0 Å². The van der Waals surface area contributed by atoms with Crippen molar-refractivity contribution in [2.75, 3.05) is 25.6 Å². The Balaban J connectivity index is 1.57. The zero-order chi connectivity index (χ0) is 21.7. The number of carbonyl (C=O) groups is 2. The number of esters is 1. The molecule has 3 aromatic rings. The molecule has 0 fully saturated rings. The first-order valence-electron chi connectivity index (χ1n) is 8.85. The molecule has 3 rings (SSSR count). The molecule has 0 spiro atoms. The summed E-state index contributed by atoms with van der Waals surface area (Å²) in [6, 6.07) is 11.9. The molecule has 30 heavy (non-hydrogen) atoms. The molecule has 0 aliphatic rings. The number of pyridine rings is 1. The van der Waals surface area contributed by atoms with E-state index in [1.54, 1.807) is 37.4 Å². The van der Waals surface area contributed by atoms with E-state index in [0.29, 0.717) is 27.4 Å². The number of carbonyl (C=O) groups excluding carboxylic acids is 2. The van der Waals surface area contributed by atoms with Gasteiger partial charge in [0.15, 0.2) is 19.0 Å². The Hall–Kier alpha value is -3.03. The lowest BCUT2D eigenvalue weighted by Crippen LogP contribution is -2.23. The number of halogens is 2. The van der Waals surface area contributed by atoms with Crippen molar-refractivity contribution in [3.05, 3.63) is 58.2 Å². The second-order valence-electron chi connectivity index (χ2n) is 6.24. The smallest absolute Gasteiger partial charge is 0.344 e. The molecule has 2 aromatic carbocycles. The van der Waals surface area contributed by atoms with Gasteiger partial charge in [0.1, 0.15) is 11.3 Å². The predicted molar refractivity (Wildman–Crippen MR) is 115 cm³/mol. The third kappa shape index (κ3) is 5.31. The Bertz CT molecular complexity index is 1090. The summed E-state index contributed by atoms with van der Waals surface area (Å²) in [6.07, 6.45) is 0. The first-order chi connectivity index (χ1) is 14.4. The van der Waals surface area contributed by atoms with Crippen molar-refractivity contribution in [2.24, 2.45) is 0 Å². The highest BCUT2D eigenvalue weighted by molar-refractivity contribution is 6.39. The Morgan fingerprint density at radius 2 is 1.77 bits per heavy atom. The Labute approximate surface area is 182 Å². The van der Waals surface area contributed by atoms with Crippen LogP contribution < -0.4 is 14.8 Å². The normalized spacial score (nSPS) is 10.5. The van der Waals surface area contributed by atoms with Gasteiger partial charge in [-0.3, -0.25) is 4.79 Å². The number of hydrogen-bond acceptors (Lipinski definition) is 6. The van der Waals surface area contributed by atoms with Crippen molar-refractivity contribution in [2.45, 2.75) is 6.92 Å². The van der Waals surface area contributed by atoms with E-state index in [4.69, 9.17) is 37.4 Å². The number of benzene rings is 2. The van der Waals surface area contributed by atoms with E-state index < -0.39 is 25.1 Å². The van der Waals surface area contributed by atoms with Crippen LogP contribution in [0.25, 0.3) is 10.9 Å². The summed E-state index contributed by atoms with van der Waals surface area (Å²) < 4.78 is 15.5. The molecule has 0 atom stereocenters. The van der Waals surface area contributed by atoms with Crippen molar-refractivity contribution >= 4 is 51.7 Å². The number of nitrogens with one attached hydrogen (secondary N) is 1. The number of nitrogens with zero attached hydrogens (tertiary/aromatic N) is 1. The summed E-state index contributed by atoms with van der Waals surface area (Å²) in [5, 5.41) is 3.90. The molecule has 0 bridgehead atoms. The predicted octanol–water partition coefficient (Wildman–Crippen LogP) is 4.42. The number of rotatable bonds is 7. The topological polar surface area (TPSA) is 86.8 Å². The van der Waals surface area contributed by atoms with Crippen molar-refractivity contribution < 1.29 is 23.8 Å². The van der Waals surface area contributed by atoms with Gasteiger partial charge in [0, 0.05) is 16.8 Å². The van der Waals surface area contributed by atoms with Crippen molar-refractivity contribution in [3.8, 4) is 11.5 Å². The number of aryl methyl sites for hydroxylation is 1. The fourth-order valence-electron chi connectivity index (χ4n) is 2.62. The van der Waals surface area contributed by atoms with Crippen LogP contribution in [0.5, 0.6) is 11.5 Å². The first-order valence-corrected chi connectivity index (χ1v) is 9.60. The van der Waals surface area contributed by atoms with Crippen LogP contribution in [0.3, 0.4) is 0 Å². The summed E-state index contributed by atoms with van der Waals surface area (Å²) >= 11 is 12.4. The molecule has 0 saturated heterocycles. The molecular formula is C21H18Cl2N2O5. The largest absolute Gasteiger partial charge is 0.497 e. The Kier molecular flexibility index (Phi) is 6.97. The molecule has 0 aliphatic carbocycles. The number of anilines is 1. The van der Waals surface area contributed by atoms with Crippen LogP contribution in [0.2, 0.25) is 10.0 Å². The van der Waals surface area contributed by atoms with Gasteiger partial charge in [-0.25, -0.2) is 9.78 Å². The standard InChI is InChI=1S/C21H18Cl2N2O5/c1-12-3-8-15-16(22)9-17(23)21(20(15)24-12)30-11-19(27)29-10-18(26)25-13-4-6-14(28-2)7-5-13/h3-9H,10-11H2,1-2H3,(H,25,26). The maximum Gasteiger partial charge on any atom is 0.344 e. The highest BCUT2D eigenvalue weighted by atomic mass is 35.5. The highest BCUT2D eigenvalue weighted by Crippen LogP contribution is 2.37. The lowest BCUT2D eigenvalue weighted by molar-refractivity contribution is -0.149. The lowest BCUT2D eigenvalue weighted by atomic mass is 10.2. The molecular weight excluding hydrogens is 431 g/mol. The van der Waals surface area contributed by atoms with Gasteiger partial charge in [-0.1, -0.05) is 23.2 Å². The molecule has 1 N–H and O–H groups in total. The second-order valence-corrected chi connectivity index (χ2v) is 7.06. The van der Waals surface area contributed by atoms with Gasteiger partial charge in [0.25, 0.3) is 5.91 Å². The average Bonchev–Trinajstić information content (AvgIpc) is 2.72. The third-order valence-corrected chi connectivity index (χ3v) is 4.64. The van der Waals surface area contributed by atoms with Gasteiger partial charge in [0.05, 0.1) is 17.2 Å². The fourth-order valence-corrected chi connectivity index (χ4v) is 3.19. The molecule has 0 radical (unpaired) electrons.